The van der Waals surface area contributed by atoms with Crippen LogP contribution in [0.25, 0.3) is 0 Å². The van der Waals surface area contributed by atoms with Crippen LogP contribution in [0.2, 0.25) is 0 Å². The third kappa shape index (κ3) is 11.4. The van der Waals surface area contributed by atoms with Gasteiger partial charge in [-0.15, -0.1) is 0 Å². The first-order chi connectivity index (χ1) is 14.5. The lowest BCUT2D eigenvalue weighted by Crippen LogP contribution is -2.51. The van der Waals surface area contributed by atoms with Crippen molar-refractivity contribution in [3.8, 4) is 0 Å². The highest BCUT2D eigenvalue weighted by molar-refractivity contribution is 5.88. The summed E-state index contributed by atoms with van der Waals surface area (Å²) in [5.74, 6) is -6.26. The van der Waals surface area contributed by atoms with E-state index in [1.807, 2.05) is 20.8 Å². The van der Waals surface area contributed by atoms with Gasteiger partial charge in [0.25, 0.3) is 5.79 Å². The normalized spacial score (nSPS) is 15.3. The van der Waals surface area contributed by atoms with Crippen LogP contribution in [0.1, 0.15) is 79.1 Å². The fourth-order valence-corrected chi connectivity index (χ4v) is 2.55. The van der Waals surface area contributed by atoms with Crippen molar-refractivity contribution < 1.29 is 48.7 Å². The van der Waals surface area contributed by atoms with E-state index >= 15 is 0 Å². The van der Waals surface area contributed by atoms with Crippen molar-refractivity contribution in [1.29, 1.82) is 0 Å². The van der Waals surface area contributed by atoms with Gasteiger partial charge in [-0.2, -0.15) is 0 Å². The van der Waals surface area contributed by atoms with Crippen LogP contribution in [0.4, 0.5) is 0 Å². The van der Waals surface area contributed by atoms with Crippen LogP contribution in [0.15, 0.2) is 0 Å². The Morgan fingerprint density at radius 2 is 1.32 bits per heavy atom. The first-order valence-corrected chi connectivity index (χ1v) is 10.8. The number of carboxylic acid groups (broad SMARTS) is 2. The average molecular weight is 451 g/mol. The predicted octanol–water partition coefficient (Wildman–Crippen LogP) is 2.70. The SMILES string of the molecule is CCCCOC(OCCCC)C(C)(OCCCC)OC(=O)CC(O)(CC(=O)O)C(=O)O. The molecule has 0 fully saturated rings. The summed E-state index contributed by atoms with van der Waals surface area (Å²) >= 11 is 0. The zero-order valence-electron chi connectivity index (χ0n) is 19.1. The summed E-state index contributed by atoms with van der Waals surface area (Å²) in [5, 5.41) is 28.2. The predicted molar refractivity (Wildman–Crippen MR) is 110 cm³/mol. The van der Waals surface area contributed by atoms with Crippen LogP contribution in [-0.2, 0) is 33.3 Å². The molecule has 0 aliphatic heterocycles. The van der Waals surface area contributed by atoms with Gasteiger partial charge < -0.3 is 34.3 Å². The lowest BCUT2D eigenvalue weighted by molar-refractivity contribution is -0.333. The molecule has 0 aliphatic rings. The first kappa shape index (κ1) is 29.2. The van der Waals surface area contributed by atoms with Crippen molar-refractivity contribution in [3.05, 3.63) is 0 Å². The van der Waals surface area contributed by atoms with Crippen molar-refractivity contribution in [3.63, 3.8) is 0 Å². The Balaban J connectivity index is 5.56. The molecular formula is C21H38O10. The minimum absolute atomic E-state index is 0.226. The van der Waals surface area contributed by atoms with Crippen molar-refractivity contribution in [2.24, 2.45) is 0 Å². The Kier molecular flexibility index (Phi) is 14.3. The zero-order chi connectivity index (χ0) is 23.9. The Morgan fingerprint density at radius 3 is 1.74 bits per heavy atom. The summed E-state index contributed by atoms with van der Waals surface area (Å²) in [7, 11) is 0. The summed E-state index contributed by atoms with van der Waals surface area (Å²) in [6.45, 7) is 8.26. The summed E-state index contributed by atoms with van der Waals surface area (Å²) in [6, 6.07) is 0. The smallest absolute Gasteiger partial charge is 0.336 e. The molecule has 0 bridgehead atoms. The van der Waals surface area contributed by atoms with Gasteiger partial charge in [0.1, 0.15) is 0 Å². The van der Waals surface area contributed by atoms with Gasteiger partial charge in [-0.05, 0) is 19.3 Å². The van der Waals surface area contributed by atoms with E-state index in [9.17, 15) is 24.6 Å². The molecule has 0 aromatic rings. The highest BCUT2D eigenvalue weighted by atomic mass is 16.8. The van der Waals surface area contributed by atoms with Gasteiger partial charge in [-0.25, -0.2) is 4.79 Å². The molecule has 0 aromatic carbocycles. The van der Waals surface area contributed by atoms with Gasteiger partial charge in [0.05, 0.1) is 32.7 Å². The Hall–Kier alpha value is -1.75. The van der Waals surface area contributed by atoms with Gasteiger partial charge >= 0.3 is 17.9 Å². The fraction of sp³-hybridized carbons (Fsp3) is 0.857. The standard InChI is InChI=1S/C21H38O10/c1-5-8-11-28-19(29-12-9-6-2)20(4,30-13-10-7-3)31-17(24)15-21(27,18(25)26)14-16(22)23/h19,27H,5-15H2,1-4H3,(H,22,23)(H,25,26). The van der Waals surface area contributed by atoms with E-state index in [0.717, 1.165) is 32.1 Å². The van der Waals surface area contributed by atoms with Crippen molar-refractivity contribution in [2.75, 3.05) is 19.8 Å². The maximum absolute atomic E-state index is 12.5. The average Bonchev–Trinajstić information content (AvgIpc) is 2.66. The molecule has 0 rings (SSSR count). The molecule has 0 aliphatic carbocycles. The lowest BCUT2D eigenvalue weighted by atomic mass is 9.96. The molecular weight excluding hydrogens is 412 g/mol. The maximum Gasteiger partial charge on any atom is 0.336 e. The molecule has 0 spiro atoms. The Morgan fingerprint density at radius 1 is 0.839 bits per heavy atom. The van der Waals surface area contributed by atoms with Gasteiger partial charge in [-0.1, -0.05) is 40.0 Å². The zero-order valence-corrected chi connectivity index (χ0v) is 19.1. The quantitative estimate of drug-likeness (QED) is 0.152. The Bertz CT molecular complexity index is 542. The van der Waals surface area contributed by atoms with E-state index in [4.69, 9.17) is 24.1 Å². The van der Waals surface area contributed by atoms with Crippen LogP contribution in [-0.4, -0.2) is 70.7 Å². The summed E-state index contributed by atoms with van der Waals surface area (Å²) in [5.41, 5.74) is -2.81. The third-order valence-corrected chi connectivity index (χ3v) is 4.44. The molecule has 10 heteroatoms. The first-order valence-electron chi connectivity index (χ1n) is 10.8. The van der Waals surface area contributed by atoms with Crippen LogP contribution < -0.4 is 0 Å². The highest BCUT2D eigenvalue weighted by Gasteiger charge is 2.46. The molecule has 0 aromatic heterocycles. The van der Waals surface area contributed by atoms with E-state index in [1.54, 1.807) is 0 Å². The molecule has 0 heterocycles. The van der Waals surface area contributed by atoms with Crippen molar-refractivity contribution in [1.82, 2.24) is 0 Å². The number of carboxylic acids is 2. The van der Waals surface area contributed by atoms with E-state index in [2.05, 4.69) is 0 Å². The molecule has 3 N–H and O–H groups in total. The van der Waals surface area contributed by atoms with Crippen molar-refractivity contribution >= 4 is 17.9 Å². The molecule has 0 amide bonds. The number of hydrogen-bond donors (Lipinski definition) is 3. The number of carbonyl (C=O) groups is 3. The van der Waals surface area contributed by atoms with E-state index in [0.29, 0.717) is 19.6 Å². The molecule has 0 saturated carbocycles. The van der Waals surface area contributed by atoms with Crippen LogP contribution >= 0.6 is 0 Å². The van der Waals surface area contributed by atoms with Crippen LogP contribution in [0.3, 0.4) is 0 Å². The van der Waals surface area contributed by atoms with E-state index < -0.39 is 48.4 Å². The number of unbranched alkanes of at least 4 members (excludes halogenated alkanes) is 3. The number of aliphatic carboxylic acids is 2. The molecule has 31 heavy (non-hydrogen) atoms. The molecule has 10 nitrogen and oxygen atoms in total. The highest BCUT2D eigenvalue weighted by Crippen LogP contribution is 2.26. The molecule has 2 unspecified atom stereocenters. The maximum atomic E-state index is 12.5. The second-order valence-electron chi connectivity index (χ2n) is 7.56. The Labute approximate surface area is 183 Å². The summed E-state index contributed by atoms with van der Waals surface area (Å²) < 4.78 is 22.7. The molecule has 182 valence electrons. The van der Waals surface area contributed by atoms with Crippen LogP contribution in [0, 0.1) is 0 Å². The minimum Gasteiger partial charge on any atom is -0.481 e. The van der Waals surface area contributed by atoms with E-state index in [-0.39, 0.29) is 6.61 Å². The molecule has 2 atom stereocenters. The number of aliphatic hydroxyl groups is 1. The second kappa shape index (κ2) is 15.1. The van der Waals surface area contributed by atoms with Gasteiger partial charge in [0, 0.05) is 6.92 Å². The number of hydrogen-bond acceptors (Lipinski definition) is 8. The second-order valence-corrected chi connectivity index (χ2v) is 7.56. The van der Waals surface area contributed by atoms with Crippen molar-refractivity contribution in [2.45, 2.75) is 96.7 Å². The van der Waals surface area contributed by atoms with Gasteiger partial charge in [0.15, 0.2) is 5.60 Å². The minimum atomic E-state index is -2.81. The number of ether oxygens (including phenoxy) is 4. The molecule has 0 radical (unpaired) electrons. The van der Waals surface area contributed by atoms with E-state index in [1.165, 1.54) is 6.92 Å². The molecule has 0 saturated heterocycles. The van der Waals surface area contributed by atoms with Gasteiger partial charge in [-0.3, -0.25) is 9.59 Å². The third-order valence-electron chi connectivity index (χ3n) is 4.44. The monoisotopic (exact) mass is 450 g/mol. The largest absolute Gasteiger partial charge is 0.481 e. The summed E-state index contributed by atoms with van der Waals surface area (Å²) in [4.78, 5) is 34.8. The van der Waals surface area contributed by atoms with Gasteiger partial charge in [0.2, 0.25) is 6.29 Å². The lowest BCUT2D eigenvalue weighted by Gasteiger charge is -2.36. The summed E-state index contributed by atoms with van der Waals surface area (Å²) in [6.07, 6.45) is 1.40. The number of esters is 1. The topological polar surface area (TPSA) is 149 Å². The number of carbonyl (C=O) groups excluding carboxylic acids is 1. The fourth-order valence-electron chi connectivity index (χ4n) is 2.55. The number of rotatable bonds is 19. The van der Waals surface area contributed by atoms with Crippen LogP contribution in [0.5, 0.6) is 0 Å².